The normalized spacial score (nSPS) is 30.2. The molecule has 0 amide bonds. The van der Waals surface area contributed by atoms with Crippen LogP contribution in [-0.4, -0.2) is 24.3 Å². The predicted molar refractivity (Wildman–Crippen MR) is 41.3 cm³/mol. The molecule has 1 atom stereocenters. The van der Waals surface area contributed by atoms with E-state index in [1.165, 1.54) is 4.91 Å². The van der Waals surface area contributed by atoms with Crippen molar-refractivity contribution >= 4 is 23.5 Å². The van der Waals surface area contributed by atoms with Gasteiger partial charge in [0, 0.05) is 11.1 Å². The average molecular weight is 138 g/mol. The minimum atomic E-state index is 0.361. The van der Waals surface area contributed by atoms with Crippen LogP contribution in [0, 0.1) is 0 Å². The van der Waals surface area contributed by atoms with E-state index in [1.54, 1.807) is 11.8 Å². The number of allylic oxidation sites excluding steroid dienone is 1. The highest BCUT2D eigenvalue weighted by Crippen LogP contribution is 2.27. The third-order valence-electron chi connectivity index (χ3n) is 1.38. The summed E-state index contributed by atoms with van der Waals surface area (Å²) in [7, 11) is 0. The molecular weight excluding hydrogens is 132 g/mol. The van der Waals surface area contributed by atoms with Crippen molar-refractivity contribution in [2.45, 2.75) is 6.04 Å². The van der Waals surface area contributed by atoms with E-state index in [0.717, 1.165) is 6.54 Å². The Morgan fingerprint density at radius 2 is 2.67 bits per heavy atom. The summed E-state index contributed by atoms with van der Waals surface area (Å²) < 4.78 is 0. The van der Waals surface area contributed by atoms with Gasteiger partial charge in [-0.25, -0.2) is 0 Å². The molecule has 3 heteroatoms. The Bertz CT molecular complexity index is 205. The number of thioether (sulfide) groups is 1. The summed E-state index contributed by atoms with van der Waals surface area (Å²) in [4.78, 5) is 9.64. The standard InChI is InChI=1S/C6H6N2S/c1-2-7-3-5-6(1)9-4-8-5/h1-2,4-5H,3H2. The van der Waals surface area contributed by atoms with E-state index >= 15 is 0 Å². The topological polar surface area (TPSA) is 24.7 Å². The third-order valence-corrected chi connectivity index (χ3v) is 2.29. The Morgan fingerprint density at radius 1 is 1.67 bits per heavy atom. The van der Waals surface area contributed by atoms with Gasteiger partial charge in [-0.3, -0.25) is 9.98 Å². The first-order valence-corrected chi connectivity index (χ1v) is 3.73. The van der Waals surface area contributed by atoms with Gasteiger partial charge in [-0.15, -0.1) is 0 Å². The first kappa shape index (κ1) is 5.23. The molecule has 2 heterocycles. The van der Waals surface area contributed by atoms with Crippen molar-refractivity contribution < 1.29 is 0 Å². The molecule has 0 saturated heterocycles. The molecule has 2 nitrogen and oxygen atoms in total. The van der Waals surface area contributed by atoms with Crippen molar-refractivity contribution in [3.63, 3.8) is 0 Å². The number of rotatable bonds is 0. The van der Waals surface area contributed by atoms with Gasteiger partial charge >= 0.3 is 0 Å². The number of hydrogen-bond acceptors (Lipinski definition) is 3. The average Bonchev–Trinajstić information content (AvgIpc) is 2.33. The van der Waals surface area contributed by atoms with E-state index < -0.39 is 0 Å². The van der Waals surface area contributed by atoms with Crippen molar-refractivity contribution in [3.8, 4) is 0 Å². The number of aliphatic imine (C=N–C) groups is 2. The highest BCUT2D eigenvalue weighted by atomic mass is 32.2. The van der Waals surface area contributed by atoms with Crippen LogP contribution in [0.15, 0.2) is 21.0 Å². The molecule has 0 bridgehead atoms. The van der Waals surface area contributed by atoms with Crippen molar-refractivity contribution in [2.24, 2.45) is 9.98 Å². The van der Waals surface area contributed by atoms with E-state index in [4.69, 9.17) is 0 Å². The molecule has 0 aliphatic carbocycles. The number of fused-ring (bicyclic) bond motifs is 1. The van der Waals surface area contributed by atoms with Crippen LogP contribution in [0.2, 0.25) is 0 Å². The van der Waals surface area contributed by atoms with Gasteiger partial charge in [-0.05, 0) is 6.08 Å². The summed E-state index contributed by atoms with van der Waals surface area (Å²) in [5.41, 5.74) is 1.89. The van der Waals surface area contributed by atoms with Crippen molar-refractivity contribution in [1.29, 1.82) is 0 Å². The van der Waals surface area contributed by atoms with Crippen LogP contribution >= 0.6 is 11.8 Å². The van der Waals surface area contributed by atoms with Crippen molar-refractivity contribution in [1.82, 2.24) is 0 Å². The third kappa shape index (κ3) is 0.812. The summed E-state index contributed by atoms with van der Waals surface area (Å²) in [6.07, 6.45) is 3.89. The van der Waals surface area contributed by atoms with Gasteiger partial charge < -0.3 is 0 Å². The van der Waals surface area contributed by atoms with Crippen LogP contribution in [-0.2, 0) is 0 Å². The van der Waals surface area contributed by atoms with Crippen LogP contribution in [0.1, 0.15) is 0 Å². The van der Waals surface area contributed by atoms with Crippen LogP contribution in [0.5, 0.6) is 0 Å². The molecule has 0 aromatic heterocycles. The van der Waals surface area contributed by atoms with Crippen LogP contribution < -0.4 is 0 Å². The molecule has 0 aromatic carbocycles. The summed E-state index contributed by atoms with van der Waals surface area (Å²) in [6.45, 7) is 0.843. The second-order valence-electron chi connectivity index (χ2n) is 1.97. The van der Waals surface area contributed by atoms with E-state index in [2.05, 4.69) is 9.98 Å². The lowest BCUT2D eigenvalue weighted by molar-refractivity contribution is 0.823. The first-order chi connectivity index (χ1) is 4.47. The maximum atomic E-state index is 4.21. The van der Waals surface area contributed by atoms with Crippen LogP contribution in [0.25, 0.3) is 0 Å². The van der Waals surface area contributed by atoms with Gasteiger partial charge in [0.25, 0.3) is 0 Å². The molecule has 2 rings (SSSR count). The lowest BCUT2D eigenvalue weighted by Crippen LogP contribution is -2.09. The zero-order chi connectivity index (χ0) is 6.10. The lowest BCUT2D eigenvalue weighted by atomic mass is 10.2. The van der Waals surface area contributed by atoms with Gasteiger partial charge in [0.05, 0.1) is 12.1 Å². The van der Waals surface area contributed by atoms with E-state index in [1.807, 2.05) is 17.8 Å². The molecule has 1 unspecified atom stereocenters. The van der Waals surface area contributed by atoms with Crippen LogP contribution in [0.4, 0.5) is 0 Å². The largest absolute Gasteiger partial charge is 0.291 e. The minimum Gasteiger partial charge on any atom is -0.291 e. The molecule has 0 aromatic rings. The van der Waals surface area contributed by atoms with Gasteiger partial charge in [0.1, 0.15) is 6.04 Å². The van der Waals surface area contributed by atoms with Gasteiger partial charge in [0.2, 0.25) is 0 Å². The molecule has 0 N–H and O–H groups in total. The predicted octanol–water partition coefficient (Wildman–Crippen LogP) is 1.10. The van der Waals surface area contributed by atoms with E-state index in [9.17, 15) is 0 Å². The molecule has 0 saturated carbocycles. The molecule has 46 valence electrons. The highest BCUT2D eigenvalue weighted by molar-refractivity contribution is 8.15. The summed E-state index contributed by atoms with van der Waals surface area (Å²) >= 11 is 1.70. The Labute approximate surface area is 57.8 Å². The molecule has 0 radical (unpaired) electrons. The number of nitrogens with zero attached hydrogens (tertiary/aromatic N) is 2. The van der Waals surface area contributed by atoms with E-state index in [0.29, 0.717) is 6.04 Å². The Balaban J connectivity index is 2.29. The molecular formula is C6H6N2S. The fourth-order valence-corrected chi connectivity index (χ4v) is 1.65. The molecule has 2 aliphatic heterocycles. The Kier molecular flexibility index (Phi) is 1.16. The second kappa shape index (κ2) is 1.99. The first-order valence-electron chi connectivity index (χ1n) is 2.85. The maximum Gasteiger partial charge on any atom is 0.101 e. The molecule has 9 heavy (non-hydrogen) atoms. The molecule has 0 spiro atoms. The smallest absolute Gasteiger partial charge is 0.101 e. The van der Waals surface area contributed by atoms with Gasteiger partial charge in [0.15, 0.2) is 0 Å². The second-order valence-corrected chi connectivity index (χ2v) is 2.89. The zero-order valence-corrected chi connectivity index (χ0v) is 5.64. The molecule has 2 aliphatic rings. The van der Waals surface area contributed by atoms with Crippen molar-refractivity contribution in [2.75, 3.05) is 6.54 Å². The fourth-order valence-electron chi connectivity index (χ4n) is 0.891. The SMILES string of the molecule is C1=NCC2N=CSC2=C1. The Hall–Kier alpha value is -0.570. The highest BCUT2D eigenvalue weighted by Gasteiger charge is 2.17. The lowest BCUT2D eigenvalue weighted by Gasteiger charge is -2.07. The van der Waals surface area contributed by atoms with Crippen molar-refractivity contribution in [3.05, 3.63) is 11.0 Å². The number of dihydropyridines is 1. The fraction of sp³-hybridized carbons (Fsp3) is 0.333. The molecule has 0 fully saturated rings. The summed E-state index contributed by atoms with van der Waals surface area (Å²) in [5.74, 6) is 0. The minimum absolute atomic E-state index is 0.361. The Morgan fingerprint density at radius 3 is 3.56 bits per heavy atom. The van der Waals surface area contributed by atoms with Gasteiger partial charge in [-0.2, -0.15) is 0 Å². The zero-order valence-electron chi connectivity index (χ0n) is 4.82. The van der Waals surface area contributed by atoms with Gasteiger partial charge in [-0.1, -0.05) is 11.8 Å². The quantitative estimate of drug-likeness (QED) is 0.492. The monoisotopic (exact) mass is 138 g/mol. The number of hydrogen-bond donors (Lipinski definition) is 0. The van der Waals surface area contributed by atoms with Crippen LogP contribution in [0.3, 0.4) is 0 Å². The maximum absolute atomic E-state index is 4.21. The summed E-state index contributed by atoms with van der Waals surface area (Å²) in [6, 6.07) is 0.361. The summed E-state index contributed by atoms with van der Waals surface area (Å²) in [5, 5.41) is 0. The van der Waals surface area contributed by atoms with E-state index in [-0.39, 0.29) is 0 Å².